The second-order valence-electron chi connectivity index (χ2n) is 6.50. The zero-order valence-electron chi connectivity index (χ0n) is 12.9. The van der Waals surface area contributed by atoms with Gasteiger partial charge in [0.1, 0.15) is 0 Å². The first-order valence-electron chi connectivity index (χ1n) is 8.32. The summed E-state index contributed by atoms with van der Waals surface area (Å²) in [5.41, 5.74) is 0. The Morgan fingerprint density at radius 3 is 2.60 bits per heavy atom. The maximum absolute atomic E-state index is 3.77. The number of likely N-dealkylation sites (tertiary alicyclic amines) is 1. The van der Waals surface area contributed by atoms with Crippen molar-refractivity contribution < 1.29 is 0 Å². The van der Waals surface area contributed by atoms with E-state index in [9.17, 15) is 0 Å². The fourth-order valence-electron chi connectivity index (χ4n) is 3.14. The number of nitrogens with one attached hydrogen (secondary N) is 1. The van der Waals surface area contributed by atoms with E-state index in [1.54, 1.807) is 4.88 Å². The van der Waals surface area contributed by atoms with Gasteiger partial charge in [-0.25, -0.2) is 0 Å². The van der Waals surface area contributed by atoms with Gasteiger partial charge in [-0.05, 0) is 63.6 Å². The zero-order chi connectivity index (χ0) is 13.9. The van der Waals surface area contributed by atoms with Crippen LogP contribution in [0.4, 0.5) is 0 Å². The molecular formula is C17H28N2S. The summed E-state index contributed by atoms with van der Waals surface area (Å²) in [5, 5.41) is 3.77. The van der Waals surface area contributed by atoms with Crippen LogP contribution >= 0.6 is 11.3 Å². The summed E-state index contributed by atoms with van der Waals surface area (Å²) < 4.78 is 0. The lowest BCUT2D eigenvalue weighted by atomic mass is 10.0. The third kappa shape index (κ3) is 3.63. The van der Waals surface area contributed by atoms with Crippen LogP contribution in [0.15, 0.2) is 12.1 Å². The van der Waals surface area contributed by atoms with E-state index >= 15 is 0 Å². The molecule has 0 aromatic carbocycles. The summed E-state index contributed by atoms with van der Waals surface area (Å²) >= 11 is 2.00. The molecule has 3 rings (SSSR count). The van der Waals surface area contributed by atoms with Crippen LogP contribution in [0.25, 0.3) is 0 Å². The zero-order valence-corrected chi connectivity index (χ0v) is 13.7. The van der Waals surface area contributed by atoms with Gasteiger partial charge >= 0.3 is 0 Å². The monoisotopic (exact) mass is 292 g/mol. The summed E-state index contributed by atoms with van der Waals surface area (Å²) in [6.45, 7) is 8.40. The van der Waals surface area contributed by atoms with E-state index in [0.717, 1.165) is 12.0 Å². The van der Waals surface area contributed by atoms with E-state index in [-0.39, 0.29) is 0 Å². The Morgan fingerprint density at radius 2 is 2.00 bits per heavy atom. The molecule has 1 aromatic rings. The van der Waals surface area contributed by atoms with Crippen molar-refractivity contribution >= 4 is 11.3 Å². The molecule has 1 aliphatic heterocycles. The molecule has 1 saturated carbocycles. The third-order valence-electron chi connectivity index (χ3n) is 4.91. The minimum Gasteiger partial charge on any atom is -0.314 e. The van der Waals surface area contributed by atoms with Crippen molar-refractivity contribution in [1.82, 2.24) is 10.2 Å². The molecule has 20 heavy (non-hydrogen) atoms. The van der Waals surface area contributed by atoms with Crippen molar-refractivity contribution in [3.05, 3.63) is 21.9 Å². The molecule has 1 atom stereocenters. The Morgan fingerprint density at radius 1 is 1.25 bits per heavy atom. The number of nitrogens with zero attached hydrogens (tertiary/aromatic N) is 1. The summed E-state index contributed by atoms with van der Waals surface area (Å²) in [4.78, 5) is 5.74. The summed E-state index contributed by atoms with van der Waals surface area (Å²) in [6.07, 6.45) is 6.73. The van der Waals surface area contributed by atoms with E-state index in [0.29, 0.717) is 6.04 Å². The lowest BCUT2D eigenvalue weighted by Gasteiger charge is -2.36. The molecule has 2 nitrogen and oxygen atoms in total. The van der Waals surface area contributed by atoms with Gasteiger partial charge in [0, 0.05) is 34.9 Å². The highest BCUT2D eigenvalue weighted by Gasteiger charge is 2.26. The van der Waals surface area contributed by atoms with Gasteiger partial charge in [-0.15, -0.1) is 11.3 Å². The maximum Gasteiger partial charge on any atom is 0.0413 e. The Labute approximate surface area is 127 Å². The molecule has 2 fully saturated rings. The standard InChI is InChI=1S/C17H28N2S/c1-3-16-6-7-17(20-16)13(2)19-10-8-15(9-11-19)18-12-14-4-5-14/h6-7,13-15,18H,3-5,8-12H2,1-2H3. The van der Waals surface area contributed by atoms with E-state index in [1.807, 2.05) is 11.3 Å². The molecule has 3 heteroatoms. The Kier molecular flexibility index (Phi) is 4.79. The highest BCUT2D eigenvalue weighted by molar-refractivity contribution is 7.12. The molecule has 2 heterocycles. The molecule has 112 valence electrons. The molecular weight excluding hydrogens is 264 g/mol. The average Bonchev–Trinajstić information content (AvgIpc) is 3.20. The van der Waals surface area contributed by atoms with Crippen molar-refractivity contribution in [2.75, 3.05) is 19.6 Å². The van der Waals surface area contributed by atoms with Crippen LogP contribution in [-0.4, -0.2) is 30.6 Å². The van der Waals surface area contributed by atoms with E-state index in [4.69, 9.17) is 0 Å². The first kappa shape index (κ1) is 14.6. The molecule has 0 radical (unpaired) electrons. The normalized spacial score (nSPS) is 23.1. The van der Waals surface area contributed by atoms with Gasteiger partial charge in [0.2, 0.25) is 0 Å². The number of piperidine rings is 1. The van der Waals surface area contributed by atoms with Gasteiger partial charge in [0.25, 0.3) is 0 Å². The molecule has 2 aliphatic rings. The van der Waals surface area contributed by atoms with Crippen molar-refractivity contribution in [2.45, 2.75) is 58.0 Å². The molecule has 1 saturated heterocycles. The predicted molar refractivity (Wildman–Crippen MR) is 87.4 cm³/mol. The van der Waals surface area contributed by atoms with E-state index < -0.39 is 0 Å². The lowest BCUT2D eigenvalue weighted by molar-refractivity contribution is 0.154. The van der Waals surface area contributed by atoms with Crippen LogP contribution in [0.5, 0.6) is 0 Å². The van der Waals surface area contributed by atoms with Crippen LogP contribution in [0.2, 0.25) is 0 Å². The van der Waals surface area contributed by atoms with Crippen molar-refractivity contribution in [2.24, 2.45) is 5.92 Å². The third-order valence-corrected chi connectivity index (χ3v) is 6.31. The smallest absolute Gasteiger partial charge is 0.0413 e. The van der Waals surface area contributed by atoms with Gasteiger partial charge in [0.05, 0.1) is 0 Å². The largest absolute Gasteiger partial charge is 0.314 e. The molecule has 1 unspecified atom stereocenters. The Hall–Kier alpha value is -0.380. The van der Waals surface area contributed by atoms with Crippen molar-refractivity contribution in [3.63, 3.8) is 0 Å². The summed E-state index contributed by atoms with van der Waals surface area (Å²) in [6, 6.07) is 6.02. The van der Waals surface area contributed by atoms with Crippen LogP contribution in [0.1, 0.15) is 55.3 Å². The summed E-state index contributed by atoms with van der Waals surface area (Å²) in [7, 11) is 0. The first-order valence-corrected chi connectivity index (χ1v) is 9.14. The molecule has 1 aromatic heterocycles. The number of thiophene rings is 1. The van der Waals surface area contributed by atoms with Crippen LogP contribution in [0.3, 0.4) is 0 Å². The van der Waals surface area contributed by atoms with E-state index in [2.05, 4.69) is 36.2 Å². The SMILES string of the molecule is CCc1ccc(C(C)N2CCC(NCC3CC3)CC2)s1. The predicted octanol–water partition coefficient (Wildman–Crippen LogP) is 3.84. The molecule has 0 spiro atoms. The Balaban J connectivity index is 1.46. The average molecular weight is 292 g/mol. The van der Waals surface area contributed by atoms with E-state index in [1.165, 1.54) is 56.6 Å². The van der Waals surface area contributed by atoms with Crippen LogP contribution < -0.4 is 5.32 Å². The Bertz CT molecular complexity index is 416. The minimum atomic E-state index is 0.602. The van der Waals surface area contributed by atoms with Crippen LogP contribution in [-0.2, 0) is 6.42 Å². The van der Waals surface area contributed by atoms with Gasteiger partial charge < -0.3 is 5.32 Å². The quantitative estimate of drug-likeness (QED) is 0.857. The number of hydrogen-bond acceptors (Lipinski definition) is 3. The maximum atomic E-state index is 3.77. The van der Waals surface area contributed by atoms with Crippen molar-refractivity contribution in [3.8, 4) is 0 Å². The number of aryl methyl sites for hydroxylation is 1. The molecule has 1 N–H and O–H groups in total. The van der Waals surface area contributed by atoms with Gasteiger partial charge in [0.15, 0.2) is 0 Å². The first-order chi connectivity index (χ1) is 9.76. The topological polar surface area (TPSA) is 15.3 Å². The second-order valence-corrected chi connectivity index (χ2v) is 7.70. The molecule has 0 amide bonds. The van der Waals surface area contributed by atoms with Crippen LogP contribution in [0, 0.1) is 5.92 Å². The number of hydrogen-bond donors (Lipinski definition) is 1. The highest BCUT2D eigenvalue weighted by atomic mass is 32.1. The second kappa shape index (κ2) is 6.59. The molecule has 1 aliphatic carbocycles. The van der Waals surface area contributed by atoms with Gasteiger partial charge in [-0.1, -0.05) is 6.92 Å². The number of rotatable bonds is 6. The fourth-order valence-corrected chi connectivity index (χ4v) is 4.17. The minimum absolute atomic E-state index is 0.602. The molecule has 0 bridgehead atoms. The van der Waals surface area contributed by atoms with Gasteiger partial charge in [-0.2, -0.15) is 0 Å². The van der Waals surface area contributed by atoms with Gasteiger partial charge in [-0.3, -0.25) is 4.90 Å². The lowest BCUT2D eigenvalue weighted by Crippen LogP contribution is -2.43. The highest BCUT2D eigenvalue weighted by Crippen LogP contribution is 2.31. The summed E-state index contributed by atoms with van der Waals surface area (Å²) in [5.74, 6) is 1.01. The van der Waals surface area contributed by atoms with Crippen molar-refractivity contribution in [1.29, 1.82) is 0 Å². The fraction of sp³-hybridized carbons (Fsp3) is 0.765.